The van der Waals surface area contributed by atoms with Crippen molar-refractivity contribution in [2.75, 3.05) is 0 Å². The number of aliphatic carboxylic acids is 1. The molecular weight excluding hydrogens is 496 g/mol. The Morgan fingerprint density at radius 3 is 2.44 bits per heavy atom. The number of nitrogens with zero attached hydrogens (tertiary/aromatic N) is 1. The summed E-state index contributed by atoms with van der Waals surface area (Å²) >= 11 is 0. The number of carboxylic acids is 1. The highest BCUT2D eigenvalue weighted by Crippen LogP contribution is 2.67. The van der Waals surface area contributed by atoms with E-state index >= 15 is 0 Å². The second-order valence-electron chi connectivity index (χ2n) is 11.9. The molecule has 0 saturated heterocycles. The van der Waals surface area contributed by atoms with Crippen LogP contribution in [0.25, 0.3) is 16.6 Å². The number of aryl methyl sites for hydroxylation is 1. The monoisotopic (exact) mass is 529 g/mol. The zero-order valence-corrected chi connectivity index (χ0v) is 22.5. The third kappa shape index (κ3) is 4.30. The van der Waals surface area contributed by atoms with E-state index < -0.39 is 11.6 Å². The number of aromatic nitrogens is 1. The lowest BCUT2D eigenvalue weighted by Gasteiger charge is -2.59. The molecule has 39 heavy (non-hydrogen) atoms. The Kier molecular flexibility index (Phi) is 6.05. The van der Waals surface area contributed by atoms with Gasteiger partial charge >= 0.3 is 5.97 Å². The van der Waals surface area contributed by atoms with Crippen LogP contribution in [0.5, 0.6) is 5.75 Å². The Morgan fingerprint density at radius 1 is 1.08 bits per heavy atom. The number of carboxylic acid groups (broad SMARTS) is 1. The Hall–Kier alpha value is -3.67. The first-order valence-corrected chi connectivity index (χ1v) is 13.6. The quantitative estimate of drug-likeness (QED) is 0.262. The third-order valence-electron chi connectivity index (χ3n) is 8.67. The first-order chi connectivity index (χ1) is 18.6. The Morgan fingerprint density at radius 2 is 1.79 bits per heavy atom. The fourth-order valence-corrected chi connectivity index (χ4v) is 6.96. The van der Waals surface area contributed by atoms with Gasteiger partial charge in [0.25, 0.3) is 0 Å². The van der Waals surface area contributed by atoms with Gasteiger partial charge in [-0.1, -0.05) is 44.2 Å². The molecule has 6 rings (SSSR count). The smallest absolute Gasteiger partial charge is 0.341 e. The molecule has 0 bridgehead atoms. The van der Waals surface area contributed by atoms with Crippen molar-refractivity contribution < 1.29 is 23.4 Å². The average molecular weight is 530 g/mol. The number of fused-ring (bicyclic) bond motifs is 1. The van der Waals surface area contributed by atoms with Gasteiger partial charge in [0.2, 0.25) is 5.67 Å². The molecule has 0 radical (unpaired) electrons. The second-order valence-corrected chi connectivity index (χ2v) is 11.9. The van der Waals surface area contributed by atoms with Crippen LogP contribution in [0.15, 0.2) is 66.7 Å². The van der Waals surface area contributed by atoms with Crippen LogP contribution in [0.3, 0.4) is 0 Å². The molecule has 4 nitrogen and oxygen atoms in total. The summed E-state index contributed by atoms with van der Waals surface area (Å²) in [6, 6.07) is 21.4. The number of rotatable bonds is 7. The van der Waals surface area contributed by atoms with Gasteiger partial charge in [-0.2, -0.15) is 0 Å². The summed E-state index contributed by atoms with van der Waals surface area (Å²) < 4.78 is 37.3. The molecule has 202 valence electrons. The minimum atomic E-state index is -2.09. The third-order valence-corrected chi connectivity index (χ3v) is 8.67. The second kappa shape index (κ2) is 9.22. The number of benzene rings is 3. The minimum Gasteiger partial charge on any atom is -0.489 e. The molecule has 3 aromatic carbocycles. The fourth-order valence-electron chi connectivity index (χ4n) is 6.96. The first kappa shape index (κ1) is 25.6. The molecule has 1 heterocycles. The van der Waals surface area contributed by atoms with Crippen LogP contribution >= 0.6 is 0 Å². The van der Waals surface area contributed by atoms with Crippen LogP contribution in [0.4, 0.5) is 8.78 Å². The molecule has 0 amide bonds. The van der Waals surface area contributed by atoms with E-state index in [4.69, 9.17) is 4.74 Å². The molecule has 4 aromatic rings. The molecule has 2 saturated carbocycles. The lowest BCUT2D eigenvalue weighted by atomic mass is 9.46. The van der Waals surface area contributed by atoms with E-state index in [9.17, 15) is 18.7 Å². The number of carbonyl (C=O) groups is 1. The SMILES string of the molecule is Cc1cc(-n2c(C(C)C)c(C3CC4(C3)CC(F)(C(=O)O)C4)c3cc(OCc4ccccc4)ccc32)ccc1F. The topological polar surface area (TPSA) is 51.5 Å². The van der Waals surface area contributed by atoms with E-state index in [1.54, 1.807) is 6.92 Å². The molecule has 6 heteroatoms. The van der Waals surface area contributed by atoms with Crippen molar-refractivity contribution in [3.63, 3.8) is 0 Å². The number of halogens is 2. The predicted octanol–water partition coefficient (Wildman–Crippen LogP) is 8.23. The molecule has 1 spiro atoms. The minimum absolute atomic E-state index is 0.0874. The van der Waals surface area contributed by atoms with Gasteiger partial charge in [0, 0.05) is 16.8 Å². The van der Waals surface area contributed by atoms with Crippen molar-refractivity contribution in [3.8, 4) is 11.4 Å². The van der Waals surface area contributed by atoms with Crippen LogP contribution < -0.4 is 4.74 Å². The van der Waals surface area contributed by atoms with E-state index in [-0.39, 0.29) is 35.9 Å². The number of ether oxygens (including phenoxy) is 1. The van der Waals surface area contributed by atoms with Crippen LogP contribution in [0.2, 0.25) is 0 Å². The Bertz CT molecular complexity index is 1560. The summed E-state index contributed by atoms with van der Waals surface area (Å²) in [5.41, 5.74) is 3.62. The van der Waals surface area contributed by atoms with Crippen molar-refractivity contribution in [1.29, 1.82) is 0 Å². The van der Waals surface area contributed by atoms with E-state index in [1.807, 2.05) is 48.5 Å². The Labute approximate surface area is 227 Å². The highest BCUT2D eigenvalue weighted by Gasteiger charge is 2.65. The highest BCUT2D eigenvalue weighted by molar-refractivity contribution is 5.90. The molecule has 0 atom stereocenters. The van der Waals surface area contributed by atoms with Crippen molar-refractivity contribution in [2.45, 2.75) is 70.6 Å². The van der Waals surface area contributed by atoms with Gasteiger partial charge < -0.3 is 14.4 Å². The highest BCUT2D eigenvalue weighted by atomic mass is 19.1. The summed E-state index contributed by atoms with van der Waals surface area (Å²) in [5, 5.41) is 10.4. The maximum Gasteiger partial charge on any atom is 0.341 e. The van der Waals surface area contributed by atoms with Gasteiger partial charge in [0.05, 0.1) is 5.52 Å². The summed E-state index contributed by atoms with van der Waals surface area (Å²) in [5.74, 6) is -0.458. The van der Waals surface area contributed by atoms with Crippen LogP contribution in [0.1, 0.15) is 73.8 Å². The molecule has 2 fully saturated rings. The Balaban J connectivity index is 1.43. The summed E-state index contributed by atoms with van der Waals surface area (Å²) in [4.78, 5) is 11.4. The molecule has 2 aliphatic carbocycles. The number of hydrogen-bond acceptors (Lipinski definition) is 2. The maximum atomic E-state index is 14.7. The van der Waals surface area contributed by atoms with Gasteiger partial charge in [0.1, 0.15) is 18.2 Å². The molecule has 2 aliphatic rings. The lowest BCUT2D eigenvalue weighted by Crippen LogP contribution is -2.58. The summed E-state index contributed by atoms with van der Waals surface area (Å²) in [6.45, 7) is 6.54. The van der Waals surface area contributed by atoms with Gasteiger partial charge in [-0.05, 0) is 103 Å². The van der Waals surface area contributed by atoms with Crippen LogP contribution in [-0.2, 0) is 11.4 Å². The lowest BCUT2D eigenvalue weighted by molar-refractivity contribution is -0.181. The van der Waals surface area contributed by atoms with E-state index in [2.05, 4.69) is 30.5 Å². The zero-order valence-electron chi connectivity index (χ0n) is 22.5. The molecule has 0 aliphatic heterocycles. The van der Waals surface area contributed by atoms with Gasteiger partial charge in [-0.3, -0.25) is 0 Å². The maximum absolute atomic E-state index is 14.7. The van der Waals surface area contributed by atoms with Crippen LogP contribution in [-0.4, -0.2) is 21.3 Å². The van der Waals surface area contributed by atoms with Crippen molar-refractivity contribution in [3.05, 3.63) is 94.9 Å². The summed E-state index contributed by atoms with van der Waals surface area (Å²) in [7, 11) is 0. The standard InChI is InChI=1S/C33H33F2NO3/c1-20(2)30-29(23-15-32(16-23)18-33(35,19-32)31(37)38)26-14-25(39-17-22-7-5-4-6-8-22)10-12-28(26)36(30)24-9-11-27(34)21(3)13-24/h4-14,20,23H,15-19H2,1-3H3,(H,37,38). The normalized spacial score (nSPS) is 24.1. The first-order valence-electron chi connectivity index (χ1n) is 13.6. The number of alkyl halides is 1. The van der Waals surface area contributed by atoms with Gasteiger partial charge in [-0.25, -0.2) is 13.6 Å². The fraction of sp³-hybridized carbons (Fsp3) is 0.364. The van der Waals surface area contributed by atoms with Gasteiger partial charge in [-0.15, -0.1) is 0 Å². The van der Waals surface area contributed by atoms with Crippen molar-refractivity contribution >= 4 is 16.9 Å². The molecule has 1 N–H and O–H groups in total. The predicted molar refractivity (Wildman–Crippen MR) is 148 cm³/mol. The van der Waals surface area contributed by atoms with Crippen molar-refractivity contribution in [2.24, 2.45) is 5.41 Å². The largest absolute Gasteiger partial charge is 0.489 e. The molecule has 1 aromatic heterocycles. The zero-order chi connectivity index (χ0) is 27.5. The van der Waals surface area contributed by atoms with Gasteiger partial charge in [0.15, 0.2) is 0 Å². The summed E-state index contributed by atoms with van der Waals surface area (Å²) in [6.07, 6.45) is 1.71. The van der Waals surface area contributed by atoms with E-state index in [1.165, 1.54) is 11.6 Å². The average Bonchev–Trinajstić information content (AvgIpc) is 3.20. The van der Waals surface area contributed by atoms with E-state index in [0.29, 0.717) is 12.2 Å². The molecule has 0 unspecified atom stereocenters. The van der Waals surface area contributed by atoms with Crippen LogP contribution in [0, 0.1) is 18.2 Å². The van der Waals surface area contributed by atoms with E-state index in [0.717, 1.165) is 46.4 Å². The number of hydrogen-bond donors (Lipinski definition) is 1. The van der Waals surface area contributed by atoms with Crippen molar-refractivity contribution in [1.82, 2.24) is 4.57 Å². The molecular formula is C33H33F2NO3.